The van der Waals surface area contributed by atoms with Crippen molar-refractivity contribution in [3.63, 3.8) is 0 Å². The van der Waals surface area contributed by atoms with Crippen LogP contribution in [0.25, 0.3) is 0 Å². The van der Waals surface area contributed by atoms with Crippen molar-refractivity contribution in [2.24, 2.45) is 0 Å². The molecule has 0 spiro atoms. The summed E-state index contributed by atoms with van der Waals surface area (Å²) in [6.45, 7) is 1.31. The van der Waals surface area contributed by atoms with E-state index in [9.17, 15) is 9.59 Å². The molecule has 0 aromatic carbocycles. The van der Waals surface area contributed by atoms with Crippen LogP contribution in [0.3, 0.4) is 0 Å². The molecule has 0 aliphatic rings. The number of hydrogen-bond acceptors (Lipinski definition) is 4. The highest BCUT2D eigenvalue weighted by atomic mass is 16.4. The zero-order valence-electron chi connectivity index (χ0n) is 9.38. The number of hydrogen-bond donors (Lipinski definition) is 4. The molecule has 0 rings (SSSR count). The molecule has 0 aliphatic heterocycles. The van der Waals surface area contributed by atoms with Crippen molar-refractivity contribution in [2.75, 3.05) is 20.2 Å². The lowest BCUT2D eigenvalue weighted by Gasteiger charge is -2.22. The normalized spacial score (nSPS) is 14.0. The Kier molecular flexibility index (Phi) is 6.43. The zero-order valence-corrected chi connectivity index (χ0v) is 9.38. The Morgan fingerprint density at radius 3 is 2.38 bits per heavy atom. The van der Waals surface area contributed by atoms with Gasteiger partial charge < -0.3 is 25.5 Å². The number of urea groups is 1. The average Bonchev–Trinajstić information content (AvgIpc) is 2.15. The summed E-state index contributed by atoms with van der Waals surface area (Å²) in [5.74, 6) is -1.20. The number of carboxylic acid groups (broad SMARTS) is 1. The highest BCUT2D eigenvalue weighted by Gasteiger charge is 2.21. The number of carboxylic acids is 1. The van der Waals surface area contributed by atoms with Gasteiger partial charge in [0.1, 0.15) is 6.04 Å². The Labute approximate surface area is 93.7 Å². The van der Waals surface area contributed by atoms with Crippen molar-refractivity contribution < 1.29 is 24.9 Å². The predicted octanol–water partition coefficient (Wildman–Crippen LogP) is -1.16. The van der Waals surface area contributed by atoms with Crippen LogP contribution in [0, 0.1) is 0 Å². The van der Waals surface area contributed by atoms with E-state index in [0.29, 0.717) is 0 Å². The molecular formula is C9H18N2O5. The summed E-state index contributed by atoms with van der Waals surface area (Å²) in [4.78, 5) is 23.3. The Hall–Kier alpha value is -1.34. The first kappa shape index (κ1) is 14.7. The Morgan fingerprint density at radius 2 is 2.00 bits per heavy atom. The van der Waals surface area contributed by atoms with Crippen LogP contribution in [0.15, 0.2) is 0 Å². The fourth-order valence-electron chi connectivity index (χ4n) is 1.12. The van der Waals surface area contributed by atoms with Crippen molar-refractivity contribution in [1.82, 2.24) is 10.2 Å². The zero-order chi connectivity index (χ0) is 12.7. The molecule has 0 radical (unpaired) electrons. The van der Waals surface area contributed by atoms with Gasteiger partial charge in [-0.1, -0.05) is 0 Å². The SMILES string of the molecule is CC(O)CN(C)C(=O)N[C@@H](CCO)C(=O)O. The Bertz CT molecular complexity index is 244. The first-order valence-corrected chi connectivity index (χ1v) is 4.91. The molecular weight excluding hydrogens is 216 g/mol. The van der Waals surface area contributed by atoms with Crippen LogP contribution in [0.1, 0.15) is 13.3 Å². The van der Waals surface area contributed by atoms with Gasteiger partial charge in [0.15, 0.2) is 0 Å². The predicted molar refractivity (Wildman–Crippen MR) is 56.0 cm³/mol. The fraction of sp³-hybridized carbons (Fsp3) is 0.778. The van der Waals surface area contributed by atoms with Gasteiger partial charge in [0.25, 0.3) is 0 Å². The maximum Gasteiger partial charge on any atom is 0.326 e. The molecule has 16 heavy (non-hydrogen) atoms. The van der Waals surface area contributed by atoms with E-state index in [1.807, 2.05) is 0 Å². The van der Waals surface area contributed by atoms with Crippen molar-refractivity contribution in [3.05, 3.63) is 0 Å². The summed E-state index contributed by atoms with van der Waals surface area (Å²) < 4.78 is 0. The van der Waals surface area contributed by atoms with Gasteiger partial charge in [0.05, 0.1) is 6.10 Å². The van der Waals surface area contributed by atoms with Crippen LogP contribution in [0.2, 0.25) is 0 Å². The van der Waals surface area contributed by atoms with E-state index < -0.39 is 24.1 Å². The maximum absolute atomic E-state index is 11.4. The second-order valence-corrected chi connectivity index (χ2v) is 3.58. The molecule has 0 heterocycles. The molecule has 4 N–H and O–H groups in total. The largest absolute Gasteiger partial charge is 0.480 e. The minimum Gasteiger partial charge on any atom is -0.480 e. The maximum atomic E-state index is 11.4. The van der Waals surface area contributed by atoms with E-state index in [4.69, 9.17) is 15.3 Å². The molecule has 94 valence electrons. The Morgan fingerprint density at radius 1 is 1.44 bits per heavy atom. The fourth-order valence-corrected chi connectivity index (χ4v) is 1.12. The van der Waals surface area contributed by atoms with Gasteiger partial charge in [0, 0.05) is 26.6 Å². The Balaban J connectivity index is 4.23. The molecule has 7 heteroatoms. The number of likely N-dealkylation sites (N-methyl/N-ethyl adjacent to an activating group) is 1. The number of nitrogens with one attached hydrogen (secondary N) is 1. The molecule has 1 unspecified atom stereocenters. The number of aliphatic hydroxyl groups excluding tert-OH is 2. The quantitative estimate of drug-likeness (QED) is 0.463. The number of nitrogens with zero attached hydrogens (tertiary/aromatic N) is 1. The number of carbonyl (C=O) groups is 2. The monoisotopic (exact) mass is 234 g/mol. The second-order valence-electron chi connectivity index (χ2n) is 3.58. The van der Waals surface area contributed by atoms with Gasteiger partial charge in [-0.25, -0.2) is 9.59 Å². The van der Waals surface area contributed by atoms with E-state index in [2.05, 4.69) is 5.32 Å². The van der Waals surface area contributed by atoms with E-state index in [1.54, 1.807) is 0 Å². The van der Waals surface area contributed by atoms with Crippen molar-refractivity contribution in [1.29, 1.82) is 0 Å². The summed E-state index contributed by atoms with van der Waals surface area (Å²) in [6, 6.07) is -1.71. The molecule has 0 aromatic rings. The van der Waals surface area contributed by atoms with Crippen LogP contribution in [0.5, 0.6) is 0 Å². The molecule has 2 atom stereocenters. The van der Waals surface area contributed by atoms with Gasteiger partial charge >= 0.3 is 12.0 Å². The van der Waals surface area contributed by atoms with E-state index in [1.165, 1.54) is 18.9 Å². The number of carbonyl (C=O) groups excluding carboxylic acids is 1. The molecule has 0 aromatic heterocycles. The van der Waals surface area contributed by atoms with Gasteiger partial charge in [0.2, 0.25) is 0 Å². The summed E-state index contributed by atoms with van der Waals surface area (Å²) >= 11 is 0. The lowest BCUT2D eigenvalue weighted by molar-refractivity contribution is -0.139. The number of rotatable bonds is 6. The average molecular weight is 234 g/mol. The third kappa shape index (κ3) is 5.52. The first-order chi connectivity index (χ1) is 7.38. The summed E-state index contributed by atoms with van der Waals surface area (Å²) in [6.07, 6.45) is -0.735. The second kappa shape index (κ2) is 7.02. The molecule has 0 saturated carbocycles. The molecule has 0 fully saturated rings. The first-order valence-electron chi connectivity index (χ1n) is 4.91. The van der Waals surface area contributed by atoms with Gasteiger partial charge in [-0.3, -0.25) is 0 Å². The summed E-state index contributed by atoms with van der Waals surface area (Å²) in [5.41, 5.74) is 0. The smallest absolute Gasteiger partial charge is 0.326 e. The molecule has 0 bridgehead atoms. The van der Waals surface area contributed by atoms with Crippen molar-refractivity contribution >= 4 is 12.0 Å². The van der Waals surface area contributed by atoms with Crippen LogP contribution in [-0.4, -0.2) is 64.6 Å². The van der Waals surface area contributed by atoms with Gasteiger partial charge in [-0.05, 0) is 6.92 Å². The molecule has 0 aliphatic carbocycles. The highest BCUT2D eigenvalue weighted by molar-refractivity contribution is 5.82. The molecule has 2 amide bonds. The third-order valence-electron chi connectivity index (χ3n) is 1.90. The van der Waals surface area contributed by atoms with Gasteiger partial charge in [-0.2, -0.15) is 0 Å². The van der Waals surface area contributed by atoms with Crippen LogP contribution < -0.4 is 5.32 Å². The van der Waals surface area contributed by atoms with Crippen LogP contribution in [-0.2, 0) is 4.79 Å². The minimum atomic E-state index is -1.20. The van der Waals surface area contributed by atoms with E-state index >= 15 is 0 Å². The van der Waals surface area contributed by atoms with Crippen LogP contribution >= 0.6 is 0 Å². The van der Waals surface area contributed by atoms with Gasteiger partial charge in [-0.15, -0.1) is 0 Å². The van der Waals surface area contributed by atoms with Crippen LogP contribution in [0.4, 0.5) is 4.79 Å². The summed E-state index contributed by atoms with van der Waals surface area (Å²) in [5, 5.41) is 28.6. The lowest BCUT2D eigenvalue weighted by atomic mass is 10.2. The molecule has 0 saturated heterocycles. The minimum absolute atomic E-state index is 0.0520. The number of aliphatic hydroxyl groups is 2. The number of aliphatic carboxylic acids is 1. The highest BCUT2D eigenvalue weighted by Crippen LogP contribution is 1.95. The van der Waals surface area contributed by atoms with E-state index in [0.717, 1.165) is 0 Å². The molecule has 7 nitrogen and oxygen atoms in total. The summed E-state index contributed by atoms with van der Waals surface area (Å²) in [7, 11) is 1.44. The lowest BCUT2D eigenvalue weighted by Crippen LogP contribution is -2.48. The van der Waals surface area contributed by atoms with E-state index in [-0.39, 0.29) is 19.6 Å². The topological polar surface area (TPSA) is 110 Å². The number of amides is 2. The van der Waals surface area contributed by atoms with Crippen molar-refractivity contribution in [3.8, 4) is 0 Å². The standard InChI is InChI=1S/C9H18N2O5/c1-6(13)5-11(2)9(16)10-7(3-4-12)8(14)15/h6-7,12-13H,3-5H2,1-2H3,(H,10,16)(H,14,15)/t6?,7-/m0/s1. The third-order valence-corrected chi connectivity index (χ3v) is 1.90. The van der Waals surface area contributed by atoms with Crippen molar-refractivity contribution in [2.45, 2.75) is 25.5 Å².